The van der Waals surface area contributed by atoms with Crippen LogP contribution in [-0.4, -0.2) is 25.0 Å². The maximum absolute atomic E-state index is 2.74. The number of benzene rings is 17. The highest BCUT2D eigenvalue weighted by molar-refractivity contribution is 7.00. The molecule has 2 aliphatic rings. The monoisotopic (exact) mass is 1550 g/mol. The molecule has 7 heteroatoms. The Morgan fingerprint density at radius 1 is 0.198 bits per heavy atom. The summed E-state index contributed by atoms with van der Waals surface area (Å²) < 4.78 is 10.1. The number of nitrogens with zero attached hydrogens (tertiary/aromatic N) is 6. The highest BCUT2D eigenvalue weighted by Gasteiger charge is 2.46. The van der Waals surface area contributed by atoms with Gasteiger partial charge in [-0.2, -0.15) is 0 Å². The summed E-state index contributed by atoms with van der Waals surface area (Å²) in [6.07, 6.45) is 0. The van der Waals surface area contributed by atoms with Crippen molar-refractivity contribution in [2.45, 2.75) is 78.6 Å². The van der Waals surface area contributed by atoms with Gasteiger partial charge in [-0.1, -0.05) is 299 Å². The van der Waals surface area contributed by atoms with Crippen molar-refractivity contribution in [2.75, 3.05) is 9.80 Å². The summed E-state index contributed by atoms with van der Waals surface area (Å²) in [5.41, 5.74) is 36.2. The molecule has 0 fully saturated rings. The van der Waals surface area contributed by atoms with Crippen LogP contribution in [0.4, 0.5) is 34.1 Å². The molecule has 0 unspecified atom stereocenters. The highest BCUT2D eigenvalue weighted by Crippen LogP contribution is 2.55. The molecule has 6 heterocycles. The Kier molecular flexibility index (Phi) is 16.1. The van der Waals surface area contributed by atoms with Crippen LogP contribution in [-0.2, 0) is 16.2 Å². The molecule has 0 saturated heterocycles. The number of hydrogen-bond acceptors (Lipinski definition) is 2. The smallest absolute Gasteiger partial charge is 0.252 e. The fourth-order valence-corrected chi connectivity index (χ4v) is 20.2. The Morgan fingerprint density at radius 3 is 0.909 bits per heavy atom. The van der Waals surface area contributed by atoms with Crippen molar-refractivity contribution in [2.24, 2.45) is 0 Å². The summed E-state index contributed by atoms with van der Waals surface area (Å²) in [5, 5.41) is 9.75. The molecule has 578 valence electrons. The van der Waals surface area contributed by atoms with Crippen LogP contribution < -0.4 is 26.2 Å². The van der Waals surface area contributed by atoms with E-state index >= 15 is 0 Å². The zero-order valence-corrected chi connectivity index (χ0v) is 69.6. The van der Waals surface area contributed by atoms with Crippen LogP contribution in [0.25, 0.3) is 154 Å². The van der Waals surface area contributed by atoms with E-state index in [-0.39, 0.29) is 23.0 Å². The molecule has 0 amide bonds. The van der Waals surface area contributed by atoms with Gasteiger partial charge in [-0.05, 0) is 222 Å². The van der Waals surface area contributed by atoms with E-state index in [1.54, 1.807) is 0 Å². The molecule has 0 N–H and O–H groups in total. The first kappa shape index (κ1) is 71.9. The zero-order valence-electron chi connectivity index (χ0n) is 69.6. The Bertz CT molecular complexity index is 7530. The summed E-state index contributed by atoms with van der Waals surface area (Å²) in [4.78, 5) is 5.42. The van der Waals surface area contributed by atoms with Gasteiger partial charge in [0.15, 0.2) is 0 Å². The molecule has 2 aliphatic heterocycles. The number of fused-ring (bicyclic) bond motifs is 16. The van der Waals surface area contributed by atoms with E-state index in [9.17, 15) is 0 Å². The fraction of sp³-hybridized carbons (Fsp3) is 0.105. The lowest BCUT2D eigenvalue weighted by Crippen LogP contribution is -2.61. The number of para-hydroxylation sites is 5. The fourth-order valence-electron chi connectivity index (χ4n) is 20.2. The molecular weight excluding hydrogens is 1460 g/mol. The maximum atomic E-state index is 2.74. The van der Waals surface area contributed by atoms with E-state index in [2.05, 4.69) is 466 Å². The largest absolute Gasteiger partial charge is 0.311 e. The minimum atomic E-state index is -0.313. The molecule has 121 heavy (non-hydrogen) atoms. The molecule has 21 aromatic rings. The third-order valence-corrected chi connectivity index (χ3v) is 26.1. The van der Waals surface area contributed by atoms with Crippen LogP contribution in [0, 0.1) is 0 Å². The van der Waals surface area contributed by atoms with Crippen LogP contribution in [0.15, 0.2) is 376 Å². The van der Waals surface area contributed by atoms with Crippen LogP contribution in [0.3, 0.4) is 0 Å². The standard InChI is InChI=1S/C114H89BN6/c1-112(2,3)78-50-57-103-93(63-78)94-64-79(113(4,5)6)51-58-104(94)119(103)85-70-108-110-109(71-85)121(111-91(74-36-18-12-19-37-74)65-80(114(7,8)9)66-92(111)75-38-20-13-21-39-75)107-69-83(117-100-47-29-24-42-88(100)89-43-25-30-48-101(89)117)53-56-97(107)115(110)96-55-52-82(68-106(96)120(108)84-61-76(72-32-14-10-15-33-72)60-77(62-84)73-34-16-11-17-35-73)118-102-49-31-26-44-90(102)95-67-81(54-59-105(95)118)116-98-45-27-22-40-86(98)87-41-23-28-46-99(87)116/h10-71H,1-9H3. The molecule has 0 radical (unpaired) electrons. The van der Waals surface area contributed by atoms with Gasteiger partial charge in [-0.3, -0.25) is 0 Å². The molecule has 0 atom stereocenters. The number of hydrogen-bond donors (Lipinski definition) is 0. The summed E-state index contributed by atoms with van der Waals surface area (Å²) >= 11 is 0. The molecule has 6 nitrogen and oxygen atoms in total. The van der Waals surface area contributed by atoms with E-state index < -0.39 is 0 Å². The summed E-state index contributed by atoms with van der Waals surface area (Å²) in [6.45, 7) is 20.9. The normalized spacial score (nSPS) is 13.0. The minimum Gasteiger partial charge on any atom is -0.311 e. The van der Waals surface area contributed by atoms with Crippen molar-refractivity contribution in [1.29, 1.82) is 0 Å². The number of aromatic nitrogens is 4. The molecular formula is C114H89BN6. The first-order chi connectivity index (χ1) is 58.9. The summed E-state index contributed by atoms with van der Waals surface area (Å²) in [7, 11) is 0. The average Bonchev–Trinajstić information content (AvgIpc) is 1.52. The average molecular weight is 1550 g/mol. The SMILES string of the molecule is CC(C)(C)c1cc(-c2ccccc2)c(N2c3cc(-n4c5ccccc5c5ccccc54)ccc3B3c4ccc(-n5c6ccccc6c6cc(-n7c8ccccc8c8ccccc87)ccc65)cc4N(c4cc(-c5ccccc5)cc(-c5ccccc5)c4)c4cc(-n5c6ccc(C(C)(C)C)cc6c6cc(C(C)(C)C)ccc65)cc2c43)c(-c2ccccc2)c1. The van der Waals surface area contributed by atoms with Crippen molar-refractivity contribution in [3.05, 3.63) is 393 Å². The van der Waals surface area contributed by atoms with Gasteiger partial charge in [-0.15, -0.1) is 0 Å². The van der Waals surface area contributed by atoms with E-state index in [0.717, 1.165) is 134 Å². The predicted octanol–water partition coefficient (Wildman–Crippen LogP) is 28.7. The third-order valence-electron chi connectivity index (χ3n) is 26.1. The van der Waals surface area contributed by atoms with Gasteiger partial charge in [0.1, 0.15) is 0 Å². The molecule has 0 spiro atoms. The quantitative estimate of drug-likeness (QED) is 0.128. The van der Waals surface area contributed by atoms with E-state index in [1.165, 1.54) is 87.2 Å². The van der Waals surface area contributed by atoms with E-state index in [0.29, 0.717) is 0 Å². The molecule has 17 aromatic carbocycles. The molecule has 0 saturated carbocycles. The van der Waals surface area contributed by atoms with Crippen molar-refractivity contribution < 1.29 is 0 Å². The predicted molar refractivity (Wildman–Crippen MR) is 516 cm³/mol. The van der Waals surface area contributed by atoms with Gasteiger partial charge in [0, 0.05) is 99.7 Å². The van der Waals surface area contributed by atoms with Crippen molar-refractivity contribution in [3.8, 4) is 67.3 Å². The molecule has 4 aromatic heterocycles. The Labute approximate surface area is 706 Å². The summed E-state index contributed by atoms with van der Waals surface area (Å²) in [5.74, 6) is 0. The van der Waals surface area contributed by atoms with Gasteiger partial charge in [0.25, 0.3) is 6.71 Å². The van der Waals surface area contributed by atoms with Gasteiger partial charge < -0.3 is 28.1 Å². The summed E-state index contributed by atoms with van der Waals surface area (Å²) in [6, 6.07) is 143. The third kappa shape index (κ3) is 11.4. The van der Waals surface area contributed by atoms with Gasteiger partial charge in [-0.25, -0.2) is 0 Å². The first-order valence-electron chi connectivity index (χ1n) is 42.7. The molecule has 23 rings (SSSR count). The van der Waals surface area contributed by atoms with Crippen LogP contribution in [0.5, 0.6) is 0 Å². The second-order valence-electron chi connectivity index (χ2n) is 36.5. The van der Waals surface area contributed by atoms with Crippen LogP contribution in [0.2, 0.25) is 0 Å². The Morgan fingerprint density at radius 2 is 0.504 bits per heavy atom. The second-order valence-corrected chi connectivity index (χ2v) is 36.5. The maximum Gasteiger partial charge on any atom is 0.252 e. The molecule has 0 bridgehead atoms. The molecule has 0 aliphatic carbocycles. The van der Waals surface area contributed by atoms with Gasteiger partial charge in [0.05, 0.1) is 55.5 Å². The van der Waals surface area contributed by atoms with Gasteiger partial charge >= 0.3 is 0 Å². The van der Waals surface area contributed by atoms with Crippen LogP contribution in [0.1, 0.15) is 79.0 Å². The van der Waals surface area contributed by atoms with Crippen LogP contribution >= 0.6 is 0 Å². The second kappa shape index (κ2) is 27.1. The van der Waals surface area contributed by atoms with Crippen molar-refractivity contribution in [1.82, 2.24) is 18.3 Å². The van der Waals surface area contributed by atoms with Gasteiger partial charge in [0.2, 0.25) is 0 Å². The Hall–Kier alpha value is -14.4. The lowest BCUT2D eigenvalue weighted by Gasteiger charge is -2.45. The lowest BCUT2D eigenvalue weighted by atomic mass is 9.33. The van der Waals surface area contributed by atoms with E-state index in [4.69, 9.17) is 0 Å². The Balaban J connectivity index is 0.889. The van der Waals surface area contributed by atoms with Crippen molar-refractivity contribution in [3.63, 3.8) is 0 Å². The minimum absolute atomic E-state index is 0.119. The highest BCUT2D eigenvalue weighted by atomic mass is 15.2. The lowest BCUT2D eigenvalue weighted by molar-refractivity contribution is 0.590. The topological polar surface area (TPSA) is 26.2 Å². The number of anilines is 6. The first-order valence-corrected chi connectivity index (χ1v) is 42.7. The number of rotatable bonds is 10. The van der Waals surface area contributed by atoms with E-state index in [1.807, 2.05) is 0 Å². The van der Waals surface area contributed by atoms with Crippen molar-refractivity contribution >= 4 is 144 Å². The zero-order chi connectivity index (χ0) is 81.5.